The molecule has 0 saturated heterocycles. The van der Waals surface area contributed by atoms with Gasteiger partial charge in [-0.25, -0.2) is 4.98 Å². The molecule has 0 saturated carbocycles. The number of likely N-dealkylation sites (N-methyl/N-ethyl adjacent to an activating group) is 1. The van der Waals surface area contributed by atoms with Gasteiger partial charge in [-0.3, -0.25) is 9.78 Å². The van der Waals surface area contributed by atoms with E-state index in [2.05, 4.69) is 9.97 Å². The van der Waals surface area contributed by atoms with Gasteiger partial charge < -0.3 is 4.90 Å². The Balaban J connectivity index is 1.66. The van der Waals surface area contributed by atoms with Crippen molar-refractivity contribution in [2.75, 3.05) is 7.05 Å². The summed E-state index contributed by atoms with van der Waals surface area (Å²) in [5, 5.41) is 3.40. The second-order valence-electron chi connectivity index (χ2n) is 5.37. The van der Waals surface area contributed by atoms with Gasteiger partial charge in [-0.1, -0.05) is 35.9 Å². The topological polar surface area (TPSA) is 46.1 Å². The van der Waals surface area contributed by atoms with Crippen molar-refractivity contribution in [1.29, 1.82) is 0 Å². The van der Waals surface area contributed by atoms with E-state index in [0.717, 1.165) is 22.0 Å². The number of carbonyl (C=O) groups excluding carboxylic acids is 1. The van der Waals surface area contributed by atoms with Crippen LogP contribution in [-0.4, -0.2) is 27.8 Å². The van der Waals surface area contributed by atoms with E-state index in [1.54, 1.807) is 18.1 Å². The normalized spacial score (nSPS) is 10.6. The molecule has 0 unspecified atom stereocenters. The molecular formula is C18H16ClN3OS. The number of rotatable bonds is 5. The highest BCUT2D eigenvalue weighted by molar-refractivity contribution is 7.13. The number of hydrogen-bond acceptors (Lipinski definition) is 4. The molecule has 0 aliphatic heterocycles. The van der Waals surface area contributed by atoms with Crippen LogP contribution < -0.4 is 0 Å². The predicted octanol–water partition coefficient (Wildman–Crippen LogP) is 4.06. The zero-order valence-electron chi connectivity index (χ0n) is 13.1. The highest BCUT2D eigenvalue weighted by atomic mass is 35.5. The van der Waals surface area contributed by atoms with Crippen LogP contribution in [0.4, 0.5) is 0 Å². The van der Waals surface area contributed by atoms with Gasteiger partial charge in [-0.2, -0.15) is 0 Å². The van der Waals surface area contributed by atoms with Crippen molar-refractivity contribution in [1.82, 2.24) is 14.9 Å². The van der Waals surface area contributed by atoms with Crippen LogP contribution in [0.15, 0.2) is 54.0 Å². The Morgan fingerprint density at radius 1 is 1.17 bits per heavy atom. The average molecular weight is 358 g/mol. The Hall–Kier alpha value is -2.24. The van der Waals surface area contributed by atoms with Crippen molar-refractivity contribution in [3.63, 3.8) is 0 Å². The van der Waals surface area contributed by atoms with Gasteiger partial charge in [0.05, 0.1) is 29.4 Å². The van der Waals surface area contributed by atoms with E-state index in [0.29, 0.717) is 11.6 Å². The first kappa shape index (κ1) is 16.6. The predicted molar refractivity (Wildman–Crippen MR) is 97.0 cm³/mol. The minimum absolute atomic E-state index is 0.0108. The molecule has 4 nitrogen and oxygen atoms in total. The van der Waals surface area contributed by atoms with Gasteiger partial charge in [-0.05, 0) is 18.2 Å². The van der Waals surface area contributed by atoms with Crippen LogP contribution in [0.25, 0.3) is 10.6 Å². The lowest BCUT2D eigenvalue weighted by atomic mass is 10.2. The smallest absolute Gasteiger partial charge is 0.228 e. The van der Waals surface area contributed by atoms with Crippen molar-refractivity contribution in [2.45, 2.75) is 13.0 Å². The number of carbonyl (C=O) groups is 1. The van der Waals surface area contributed by atoms with E-state index in [1.807, 2.05) is 47.8 Å². The third-order valence-corrected chi connectivity index (χ3v) is 4.79. The monoisotopic (exact) mass is 357 g/mol. The lowest BCUT2D eigenvalue weighted by Crippen LogP contribution is -2.28. The number of halogens is 1. The Morgan fingerprint density at radius 2 is 1.96 bits per heavy atom. The molecule has 3 rings (SSSR count). The largest absolute Gasteiger partial charge is 0.340 e. The minimum Gasteiger partial charge on any atom is -0.340 e. The van der Waals surface area contributed by atoms with E-state index >= 15 is 0 Å². The highest BCUT2D eigenvalue weighted by Gasteiger charge is 2.14. The summed E-state index contributed by atoms with van der Waals surface area (Å²) in [7, 11) is 1.78. The third kappa shape index (κ3) is 3.99. The summed E-state index contributed by atoms with van der Waals surface area (Å²) in [6, 6.07) is 13.3. The van der Waals surface area contributed by atoms with Gasteiger partial charge in [0.15, 0.2) is 0 Å². The minimum atomic E-state index is 0.0108. The molecule has 2 aromatic heterocycles. The molecule has 0 spiro atoms. The second-order valence-corrected chi connectivity index (χ2v) is 6.64. The first-order chi connectivity index (χ1) is 11.6. The van der Waals surface area contributed by atoms with Gasteiger partial charge in [0, 0.05) is 24.2 Å². The number of thiazole rings is 1. The zero-order chi connectivity index (χ0) is 16.9. The Kier molecular flexibility index (Phi) is 5.23. The summed E-state index contributed by atoms with van der Waals surface area (Å²) in [5.74, 6) is 0.0108. The maximum absolute atomic E-state index is 12.4. The first-order valence-electron chi connectivity index (χ1n) is 7.46. The molecule has 122 valence electrons. The summed E-state index contributed by atoms with van der Waals surface area (Å²) < 4.78 is 0. The maximum atomic E-state index is 12.4. The van der Waals surface area contributed by atoms with Crippen LogP contribution in [0.1, 0.15) is 11.4 Å². The molecule has 1 aromatic carbocycles. The van der Waals surface area contributed by atoms with Crippen LogP contribution in [0.2, 0.25) is 5.02 Å². The number of benzene rings is 1. The van der Waals surface area contributed by atoms with Crippen molar-refractivity contribution >= 4 is 28.8 Å². The lowest BCUT2D eigenvalue weighted by Gasteiger charge is -2.15. The Morgan fingerprint density at radius 3 is 2.71 bits per heavy atom. The summed E-state index contributed by atoms with van der Waals surface area (Å²) in [6.07, 6.45) is 1.99. The maximum Gasteiger partial charge on any atom is 0.228 e. The number of amides is 1. The van der Waals surface area contributed by atoms with E-state index in [9.17, 15) is 4.79 Å². The fraction of sp³-hybridized carbons (Fsp3) is 0.167. The number of hydrogen-bond donors (Lipinski definition) is 0. The van der Waals surface area contributed by atoms with Gasteiger partial charge in [0.25, 0.3) is 0 Å². The molecule has 0 aliphatic rings. The molecule has 24 heavy (non-hydrogen) atoms. The van der Waals surface area contributed by atoms with Gasteiger partial charge >= 0.3 is 0 Å². The van der Waals surface area contributed by atoms with Gasteiger partial charge in [0.1, 0.15) is 5.01 Å². The van der Waals surface area contributed by atoms with E-state index in [-0.39, 0.29) is 12.3 Å². The highest BCUT2D eigenvalue weighted by Crippen LogP contribution is 2.30. The van der Waals surface area contributed by atoms with Crippen LogP contribution in [0.5, 0.6) is 0 Å². The summed E-state index contributed by atoms with van der Waals surface area (Å²) in [5.41, 5.74) is 2.51. The lowest BCUT2D eigenvalue weighted by molar-refractivity contribution is -0.129. The van der Waals surface area contributed by atoms with Crippen molar-refractivity contribution in [2.24, 2.45) is 0 Å². The first-order valence-corrected chi connectivity index (χ1v) is 8.72. The molecule has 0 aliphatic carbocycles. The number of aromatic nitrogens is 2. The molecule has 0 bridgehead atoms. The Labute approximate surface area is 149 Å². The summed E-state index contributed by atoms with van der Waals surface area (Å²) in [6.45, 7) is 0.487. The number of nitrogens with zero attached hydrogens (tertiary/aromatic N) is 3. The second kappa shape index (κ2) is 7.55. The molecule has 1 amide bonds. The Bertz CT molecular complexity index is 835. The van der Waals surface area contributed by atoms with Gasteiger partial charge in [-0.15, -0.1) is 11.3 Å². The molecule has 0 fully saturated rings. The molecule has 6 heteroatoms. The molecule has 3 aromatic rings. The SMILES string of the molecule is CN(Cc1ccccn1)C(=O)Cc1csc(-c2ccccc2Cl)n1. The van der Waals surface area contributed by atoms with E-state index in [1.165, 1.54) is 11.3 Å². The zero-order valence-corrected chi connectivity index (χ0v) is 14.7. The van der Waals surface area contributed by atoms with E-state index < -0.39 is 0 Å². The summed E-state index contributed by atoms with van der Waals surface area (Å²) in [4.78, 5) is 22.8. The molecule has 0 atom stereocenters. The standard InChI is InChI=1S/C18H16ClN3OS/c1-22(11-13-6-4-5-9-20-13)17(23)10-14-12-24-18(21-14)15-7-2-3-8-16(15)19/h2-9,12H,10-11H2,1H3. The third-order valence-electron chi connectivity index (χ3n) is 3.54. The molecule has 0 N–H and O–H groups in total. The van der Waals surface area contributed by atoms with Gasteiger partial charge in [0.2, 0.25) is 5.91 Å². The van der Waals surface area contributed by atoms with Crippen LogP contribution in [0.3, 0.4) is 0 Å². The van der Waals surface area contributed by atoms with Crippen LogP contribution in [0, 0.1) is 0 Å². The van der Waals surface area contributed by atoms with Crippen molar-refractivity contribution in [3.8, 4) is 10.6 Å². The molecule has 0 radical (unpaired) electrons. The quantitative estimate of drug-likeness (QED) is 0.691. The fourth-order valence-electron chi connectivity index (χ4n) is 2.26. The molecule has 2 heterocycles. The van der Waals surface area contributed by atoms with Crippen LogP contribution >= 0.6 is 22.9 Å². The van der Waals surface area contributed by atoms with Crippen LogP contribution in [-0.2, 0) is 17.8 Å². The van der Waals surface area contributed by atoms with Crippen molar-refractivity contribution < 1.29 is 4.79 Å². The van der Waals surface area contributed by atoms with Crippen molar-refractivity contribution in [3.05, 3.63) is 70.5 Å². The summed E-state index contributed by atoms with van der Waals surface area (Å²) >= 11 is 7.69. The van der Waals surface area contributed by atoms with E-state index in [4.69, 9.17) is 11.6 Å². The average Bonchev–Trinajstić information content (AvgIpc) is 3.04. The molecular weight excluding hydrogens is 342 g/mol. The number of pyridine rings is 1. The fourth-order valence-corrected chi connectivity index (χ4v) is 3.40.